The van der Waals surface area contributed by atoms with Crippen molar-refractivity contribution >= 4 is 44.4 Å². The molecule has 0 saturated heterocycles. The Morgan fingerprint density at radius 2 is 1.85 bits per heavy atom. The fourth-order valence-electron chi connectivity index (χ4n) is 6.06. The lowest BCUT2D eigenvalue weighted by Gasteiger charge is -2.45. The van der Waals surface area contributed by atoms with Crippen molar-refractivity contribution in [3.8, 4) is 0 Å². The van der Waals surface area contributed by atoms with E-state index in [1.54, 1.807) is 6.92 Å². The molecular weight excluding hydrogens is 492 g/mol. The smallest absolute Gasteiger partial charge is 0.314 e. The van der Waals surface area contributed by atoms with E-state index in [0.717, 1.165) is 43.4 Å². The summed E-state index contributed by atoms with van der Waals surface area (Å²) < 4.78 is 6.54. The maximum atomic E-state index is 14.1. The second-order valence-electron chi connectivity index (χ2n) is 8.93. The lowest BCUT2D eigenvalue weighted by Crippen LogP contribution is -2.52. The van der Waals surface area contributed by atoms with Gasteiger partial charge in [-0.1, -0.05) is 70.5 Å². The number of esters is 1. The lowest BCUT2D eigenvalue weighted by molar-refractivity contribution is -0.150. The van der Waals surface area contributed by atoms with Gasteiger partial charge in [0.2, 0.25) is 5.91 Å². The van der Waals surface area contributed by atoms with Gasteiger partial charge in [-0.3, -0.25) is 9.59 Å². The Balaban J connectivity index is 1.73. The van der Waals surface area contributed by atoms with E-state index in [4.69, 9.17) is 4.74 Å². The van der Waals surface area contributed by atoms with E-state index in [1.807, 2.05) is 72.8 Å². The number of aromatic amines is 1. The number of ether oxygens (including phenoxy) is 1. The van der Waals surface area contributed by atoms with E-state index in [2.05, 4.69) is 26.2 Å². The average Bonchev–Trinajstić information content (AvgIpc) is 3.34. The SMILES string of the molecule is CCOC(=O)[C@H]1c2c([nH]c3ccccc23)C[C@H](c2ccccc2)[C@]12C(=O)Nc1cc(Br)ccc12. The highest BCUT2D eigenvalue weighted by molar-refractivity contribution is 9.10. The fraction of sp³-hybridized carbons (Fsp3) is 0.214. The Hall–Kier alpha value is -3.38. The van der Waals surface area contributed by atoms with Gasteiger partial charge in [-0.25, -0.2) is 0 Å². The first-order chi connectivity index (χ1) is 16.6. The number of hydrogen-bond donors (Lipinski definition) is 2. The lowest BCUT2D eigenvalue weighted by atomic mass is 9.55. The molecule has 170 valence electrons. The first kappa shape index (κ1) is 21.2. The molecule has 1 aliphatic heterocycles. The fourth-order valence-corrected chi connectivity index (χ4v) is 6.42. The molecule has 3 atom stereocenters. The highest BCUT2D eigenvalue weighted by atomic mass is 79.9. The van der Waals surface area contributed by atoms with Crippen molar-refractivity contribution in [3.05, 3.63) is 99.7 Å². The first-order valence-corrected chi connectivity index (χ1v) is 12.3. The number of aromatic nitrogens is 1. The molecule has 1 spiro atoms. The molecule has 6 rings (SSSR count). The Morgan fingerprint density at radius 3 is 2.65 bits per heavy atom. The molecule has 0 unspecified atom stereocenters. The molecule has 2 N–H and O–H groups in total. The molecule has 1 aliphatic carbocycles. The number of benzene rings is 3. The molecule has 1 aromatic heterocycles. The van der Waals surface area contributed by atoms with Crippen molar-refractivity contribution < 1.29 is 14.3 Å². The Labute approximate surface area is 205 Å². The van der Waals surface area contributed by atoms with Crippen LogP contribution in [0.15, 0.2) is 77.3 Å². The molecule has 3 aromatic carbocycles. The summed E-state index contributed by atoms with van der Waals surface area (Å²) in [4.78, 5) is 31.5. The van der Waals surface area contributed by atoms with Gasteiger partial charge < -0.3 is 15.0 Å². The van der Waals surface area contributed by atoms with Gasteiger partial charge >= 0.3 is 5.97 Å². The van der Waals surface area contributed by atoms with Crippen LogP contribution in [0, 0.1) is 0 Å². The van der Waals surface area contributed by atoms with Crippen LogP contribution >= 0.6 is 15.9 Å². The maximum absolute atomic E-state index is 14.1. The number of anilines is 1. The Bertz CT molecular complexity index is 1440. The summed E-state index contributed by atoms with van der Waals surface area (Å²) in [5.74, 6) is -1.59. The van der Waals surface area contributed by atoms with Gasteiger partial charge in [-0.15, -0.1) is 0 Å². The summed E-state index contributed by atoms with van der Waals surface area (Å²) in [6, 6.07) is 23.8. The molecule has 1 amide bonds. The topological polar surface area (TPSA) is 71.2 Å². The molecule has 0 bridgehead atoms. The van der Waals surface area contributed by atoms with E-state index < -0.39 is 11.3 Å². The normalized spacial score (nSPS) is 22.9. The van der Waals surface area contributed by atoms with E-state index in [0.29, 0.717) is 6.42 Å². The Morgan fingerprint density at radius 1 is 1.09 bits per heavy atom. The third-order valence-corrected chi connectivity index (χ3v) is 7.80. The third kappa shape index (κ3) is 2.84. The number of rotatable bonds is 3. The molecule has 2 heterocycles. The minimum Gasteiger partial charge on any atom is -0.465 e. The molecule has 0 radical (unpaired) electrons. The van der Waals surface area contributed by atoms with Gasteiger partial charge in [0.1, 0.15) is 11.3 Å². The molecule has 0 fully saturated rings. The number of carbonyl (C=O) groups is 2. The summed E-state index contributed by atoms with van der Waals surface area (Å²) >= 11 is 3.53. The summed E-state index contributed by atoms with van der Waals surface area (Å²) in [7, 11) is 0. The van der Waals surface area contributed by atoms with E-state index in [9.17, 15) is 9.59 Å². The van der Waals surface area contributed by atoms with Gasteiger partial charge in [0.05, 0.1) is 6.61 Å². The third-order valence-electron chi connectivity index (χ3n) is 7.31. The van der Waals surface area contributed by atoms with E-state index in [1.165, 1.54) is 0 Å². The van der Waals surface area contributed by atoms with E-state index >= 15 is 0 Å². The van der Waals surface area contributed by atoms with E-state index in [-0.39, 0.29) is 24.4 Å². The van der Waals surface area contributed by atoms with Crippen LogP contribution in [-0.4, -0.2) is 23.5 Å². The van der Waals surface area contributed by atoms with Crippen LogP contribution in [0.3, 0.4) is 0 Å². The van der Waals surface area contributed by atoms with Crippen LogP contribution in [0.1, 0.15) is 41.1 Å². The highest BCUT2D eigenvalue weighted by Crippen LogP contribution is 2.60. The average molecular weight is 515 g/mol. The second kappa shape index (κ2) is 7.84. The number of nitrogens with one attached hydrogen (secondary N) is 2. The molecule has 6 heteroatoms. The number of fused-ring (bicyclic) bond motifs is 5. The quantitative estimate of drug-likeness (QED) is 0.339. The second-order valence-corrected chi connectivity index (χ2v) is 9.84. The Kier molecular flexibility index (Phi) is 4.88. The molecule has 2 aliphatic rings. The molecular formula is C28H23BrN2O3. The molecule has 4 aromatic rings. The number of carbonyl (C=O) groups excluding carboxylic acids is 2. The van der Waals surface area contributed by atoms with Gasteiger partial charge in [0, 0.05) is 32.7 Å². The van der Waals surface area contributed by atoms with Crippen molar-refractivity contribution in [2.75, 3.05) is 11.9 Å². The predicted molar refractivity (Wildman–Crippen MR) is 135 cm³/mol. The zero-order valence-corrected chi connectivity index (χ0v) is 20.2. The van der Waals surface area contributed by atoms with Crippen molar-refractivity contribution in [3.63, 3.8) is 0 Å². The summed E-state index contributed by atoms with van der Waals surface area (Å²) in [6.07, 6.45) is 0.604. The van der Waals surface area contributed by atoms with Gasteiger partial charge in [0.25, 0.3) is 0 Å². The minimum atomic E-state index is -1.14. The highest BCUT2D eigenvalue weighted by Gasteiger charge is 2.63. The van der Waals surface area contributed by atoms with Crippen molar-refractivity contribution in [1.82, 2.24) is 4.98 Å². The first-order valence-electron chi connectivity index (χ1n) is 11.5. The zero-order chi connectivity index (χ0) is 23.4. The monoisotopic (exact) mass is 514 g/mol. The summed E-state index contributed by atoms with van der Waals surface area (Å²) in [5.41, 5.74) is 4.26. The molecule has 34 heavy (non-hydrogen) atoms. The van der Waals surface area contributed by atoms with Crippen LogP contribution in [0.2, 0.25) is 0 Å². The van der Waals surface area contributed by atoms with Crippen LogP contribution in [0.25, 0.3) is 10.9 Å². The van der Waals surface area contributed by atoms with Crippen molar-refractivity contribution in [2.45, 2.75) is 30.6 Å². The zero-order valence-electron chi connectivity index (χ0n) is 18.6. The minimum absolute atomic E-state index is 0.163. The molecule has 0 saturated carbocycles. The maximum Gasteiger partial charge on any atom is 0.314 e. The van der Waals surface area contributed by atoms with Crippen LogP contribution in [0.4, 0.5) is 5.69 Å². The molecule has 5 nitrogen and oxygen atoms in total. The number of halogens is 1. The number of hydrogen-bond acceptors (Lipinski definition) is 3. The van der Waals surface area contributed by atoms with Crippen LogP contribution in [0.5, 0.6) is 0 Å². The number of H-pyrrole nitrogens is 1. The van der Waals surface area contributed by atoms with Crippen LogP contribution in [-0.2, 0) is 26.2 Å². The summed E-state index contributed by atoms with van der Waals surface area (Å²) in [5, 5.41) is 4.07. The largest absolute Gasteiger partial charge is 0.465 e. The van der Waals surface area contributed by atoms with Gasteiger partial charge in [-0.2, -0.15) is 0 Å². The number of para-hydroxylation sites is 1. The van der Waals surface area contributed by atoms with Crippen LogP contribution < -0.4 is 5.32 Å². The van der Waals surface area contributed by atoms with Gasteiger partial charge in [0.15, 0.2) is 0 Å². The van der Waals surface area contributed by atoms with Gasteiger partial charge in [-0.05, 0) is 48.2 Å². The van der Waals surface area contributed by atoms with Crippen molar-refractivity contribution in [1.29, 1.82) is 0 Å². The standard InChI is InChI=1S/C28H23BrN2O3/c1-2-34-26(32)25-24-18-10-6-7-11-21(18)30-23(24)15-20(16-8-4-3-5-9-16)28(25)19-13-12-17(29)14-22(19)31-27(28)33/h3-14,20,25,30H,2,15H2,1H3,(H,31,33)/t20-,25-,28+/m1/s1. The summed E-state index contributed by atoms with van der Waals surface area (Å²) in [6.45, 7) is 2.05. The predicted octanol–water partition coefficient (Wildman–Crippen LogP) is 5.81. The number of amides is 1. The van der Waals surface area contributed by atoms with Crippen molar-refractivity contribution in [2.24, 2.45) is 0 Å².